The summed E-state index contributed by atoms with van der Waals surface area (Å²) in [7, 11) is 2.97. The third-order valence-corrected chi connectivity index (χ3v) is 5.13. The van der Waals surface area contributed by atoms with Crippen molar-refractivity contribution in [1.82, 2.24) is 4.90 Å². The average Bonchev–Trinajstić information content (AvgIpc) is 2.98. The Morgan fingerprint density at radius 3 is 2.60 bits per heavy atom. The molecule has 1 fully saturated rings. The molecule has 0 bridgehead atoms. The number of halogens is 1. The molecule has 0 aromatic heterocycles. The molecule has 1 heterocycles. The first-order chi connectivity index (χ1) is 14.4. The van der Waals surface area contributed by atoms with Crippen molar-refractivity contribution in [3.8, 4) is 11.5 Å². The average molecular weight is 432 g/mol. The summed E-state index contributed by atoms with van der Waals surface area (Å²) in [6.45, 7) is 0.639. The predicted molar refractivity (Wildman–Crippen MR) is 112 cm³/mol. The topological polar surface area (TPSA) is 96.3 Å². The van der Waals surface area contributed by atoms with Crippen molar-refractivity contribution in [2.24, 2.45) is 0 Å². The summed E-state index contributed by atoms with van der Waals surface area (Å²) in [5, 5.41) is 21.4. The van der Waals surface area contributed by atoms with Crippen LogP contribution in [0, 0.1) is 0 Å². The zero-order valence-electron chi connectivity index (χ0n) is 16.6. The molecule has 8 heteroatoms. The Hall–Kier alpha value is -3.03. The molecule has 0 saturated carbocycles. The van der Waals surface area contributed by atoms with Crippen LogP contribution in [-0.4, -0.2) is 54.2 Å². The molecule has 158 valence electrons. The zero-order valence-corrected chi connectivity index (χ0v) is 17.3. The number of amides is 1. The first-order valence-corrected chi connectivity index (χ1v) is 9.67. The lowest BCUT2D eigenvalue weighted by Crippen LogP contribution is -2.31. The van der Waals surface area contributed by atoms with Crippen molar-refractivity contribution in [2.75, 3.05) is 27.4 Å². The van der Waals surface area contributed by atoms with Gasteiger partial charge in [0.25, 0.3) is 11.7 Å². The van der Waals surface area contributed by atoms with Gasteiger partial charge in [0.2, 0.25) is 0 Å². The number of phenolic OH excluding ortho intramolecular Hbond substituents is 1. The second-order valence-corrected chi connectivity index (χ2v) is 7.21. The molecule has 30 heavy (non-hydrogen) atoms. The number of methoxy groups -OCH3 is 2. The largest absolute Gasteiger partial charge is 0.508 e. The van der Waals surface area contributed by atoms with E-state index >= 15 is 0 Å². The van der Waals surface area contributed by atoms with Gasteiger partial charge >= 0.3 is 0 Å². The van der Waals surface area contributed by atoms with Gasteiger partial charge in [0.15, 0.2) is 0 Å². The highest BCUT2D eigenvalue weighted by Gasteiger charge is 2.46. The highest BCUT2D eigenvalue weighted by atomic mass is 35.5. The molecule has 1 atom stereocenters. The smallest absolute Gasteiger partial charge is 0.295 e. The summed E-state index contributed by atoms with van der Waals surface area (Å²) in [4.78, 5) is 27.1. The van der Waals surface area contributed by atoms with Gasteiger partial charge in [-0.1, -0.05) is 23.7 Å². The molecular weight excluding hydrogens is 410 g/mol. The maximum atomic E-state index is 12.9. The molecule has 2 aromatic carbocycles. The number of Topliss-reactive ketones (excluding diaryl/α,β-unsaturated/α-hetero) is 1. The Bertz CT molecular complexity index is 1000. The number of hydrogen-bond acceptors (Lipinski definition) is 6. The molecule has 0 aliphatic carbocycles. The van der Waals surface area contributed by atoms with Crippen LogP contribution in [0.15, 0.2) is 48.0 Å². The van der Waals surface area contributed by atoms with Crippen molar-refractivity contribution in [1.29, 1.82) is 0 Å². The van der Waals surface area contributed by atoms with Crippen LogP contribution in [0.3, 0.4) is 0 Å². The van der Waals surface area contributed by atoms with Crippen LogP contribution in [0.5, 0.6) is 11.5 Å². The van der Waals surface area contributed by atoms with Crippen LogP contribution >= 0.6 is 11.6 Å². The summed E-state index contributed by atoms with van der Waals surface area (Å²) in [6, 6.07) is 9.99. The normalized spacial score (nSPS) is 18.1. The fourth-order valence-corrected chi connectivity index (χ4v) is 3.71. The maximum absolute atomic E-state index is 12.9. The number of nitrogens with zero attached hydrogens (tertiary/aromatic N) is 1. The van der Waals surface area contributed by atoms with E-state index in [4.69, 9.17) is 21.1 Å². The molecule has 1 saturated heterocycles. The monoisotopic (exact) mass is 431 g/mol. The number of aromatic hydroxyl groups is 1. The van der Waals surface area contributed by atoms with Gasteiger partial charge in [0, 0.05) is 25.3 Å². The van der Waals surface area contributed by atoms with Crippen molar-refractivity contribution >= 4 is 29.1 Å². The SMILES string of the molecule is COCCCN1C(=O)C(=O)/C(=C(/O)c2cc(Cl)ccc2OC)C1c1cccc(O)c1. The molecular formula is C22H22ClNO6. The first kappa shape index (κ1) is 21.7. The van der Waals surface area contributed by atoms with E-state index in [1.165, 1.54) is 30.2 Å². The van der Waals surface area contributed by atoms with Crippen molar-refractivity contribution in [2.45, 2.75) is 12.5 Å². The number of carbonyl (C=O) groups excluding carboxylic acids is 2. The molecule has 1 unspecified atom stereocenters. The van der Waals surface area contributed by atoms with Gasteiger partial charge < -0.3 is 24.6 Å². The van der Waals surface area contributed by atoms with Gasteiger partial charge in [0.05, 0.1) is 24.3 Å². The molecule has 2 aromatic rings. The van der Waals surface area contributed by atoms with E-state index in [-0.39, 0.29) is 23.4 Å². The highest BCUT2D eigenvalue weighted by Crippen LogP contribution is 2.42. The number of aliphatic hydroxyl groups is 1. The van der Waals surface area contributed by atoms with Gasteiger partial charge in [0.1, 0.15) is 17.3 Å². The second kappa shape index (κ2) is 9.19. The number of ketones is 1. The molecule has 0 spiro atoms. The van der Waals surface area contributed by atoms with E-state index in [0.717, 1.165) is 0 Å². The Morgan fingerprint density at radius 1 is 1.17 bits per heavy atom. The number of ether oxygens (including phenoxy) is 2. The van der Waals surface area contributed by atoms with Crippen LogP contribution < -0.4 is 4.74 Å². The van der Waals surface area contributed by atoms with Gasteiger partial charge in [-0.15, -0.1) is 0 Å². The van der Waals surface area contributed by atoms with Crippen molar-refractivity contribution in [3.05, 3.63) is 64.2 Å². The Morgan fingerprint density at radius 2 is 1.93 bits per heavy atom. The molecule has 1 amide bonds. The van der Waals surface area contributed by atoms with Gasteiger partial charge in [-0.3, -0.25) is 9.59 Å². The Balaban J connectivity index is 2.19. The van der Waals surface area contributed by atoms with Crippen molar-refractivity contribution in [3.63, 3.8) is 0 Å². The molecule has 2 N–H and O–H groups in total. The minimum Gasteiger partial charge on any atom is -0.508 e. The summed E-state index contributed by atoms with van der Waals surface area (Å²) >= 11 is 6.08. The summed E-state index contributed by atoms with van der Waals surface area (Å²) < 4.78 is 10.3. The quantitative estimate of drug-likeness (QED) is 0.301. The minimum absolute atomic E-state index is 0.0182. The van der Waals surface area contributed by atoms with Crippen LogP contribution in [0.2, 0.25) is 5.02 Å². The fraction of sp³-hybridized carbons (Fsp3) is 0.273. The van der Waals surface area contributed by atoms with Gasteiger partial charge in [-0.25, -0.2) is 0 Å². The molecule has 7 nitrogen and oxygen atoms in total. The lowest BCUT2D eigenvalue weighted by atomic mass is 9.95. The lowest BCUT2D eigenvalue weighted by Gasteiger charge is -2.25. The number of rotatable bonds is 7. The minimum atomic E-state index is -0.877. The molecule has 1 aliphatic heterocycles. The second-order valence-electron chi connectivity index (χ2n) is 6.78. The maximum Gasteiger partial charge on any atom is 0.295 e. The summed E-state index contributed by atoms with van der Waals surface area (Å²) in [6.07, 6.45) is 0.499. The molecule has 1 aliphatic rings. The van der Waals surface area contributed by atoms with Crippen LogP contribution in [-0.2, 0) is 14.3 Å². The summed E-state index contributed by atoms with van der Waals surface area (Å²) in [5.74, 6) is -1.66. The Kier molecular flexibility index (Phi) is 6.64. The van der Waals surface area contributed by atoms with Crippen molar-refractivity contribution < 1.29 is 29.3 Å². The van der Waals surface area contributed by atoms with Crippen LogP contribution in [0.25, 0.3) is 5.76 Å². The van der Waals surface area contributed by atoms with Crippen LogP contribution in [0.4, 0.5) is 0 Å². The predicted octanol–water partition coefficient (Wildman–Crippen LogP) is 3.51. The third kappa shape index (κ3) is 4.13. The number of likely N-dealkylation sites (tertiary alicyclic amines) is 1. The molecule has 3 rings (SSSR count). The highest BCUT2D eigenvalue weighted by molar-refractivity contribution is 6.46. The Labute approximate surface area is 179 Å². The van der Waals surface area contributed by atoms with E-state index < -0.39 is 23.5 Å². The van der Waals surface area contributed by atoms with Gasteiger partial charge in [-0.2, -0.15) is 0 Å². The standard InChI is InChI=1S/C22H22ClNO6/c1-29-10-4-9-24-19(13-5-3-6-15(25)11-13)18(21(27)22(24)28)20(26)16-12-14(23)7-8-17(16)30-2/h3,5-8,11-12,19,25-26H,4,9-10H2,1-2H3/b20-18+. The first-order valence-electron chi connectivity index (χ1n) is 9.29. The number of aliphatic hydroxyl groups excluding tert-OH is 1. The lowest BCUT2D eigenvalue weighted by molar-refractivity contribution is -0.140. The third-order valence-electron chi connectivity index (χ3n) is 4.89. The molecule has 0 radical (unpaired) electrons. The van der Waals surface area contributed by atoms with E-state index in [0.29, 0.717) is 29.4 Å². The van der Waals surface area contributed by atoms with E-state index in [1.54, 1.807) is 31.4 Å². The number of carbonyl (C=O) groups is 2. The number of phenols is 1. The number of hydrogen-bond donors (Lipinski definition) is 2. The van der Waals surface area contributed by atoms with Crippen LogP contribution in [0.1, 0.15) is 23.6 Å². The summed E-state index contributed by atoms with van der Waals surface area (Å²) in [5.41, 5.74) is 0.600. The van der Waals surface area contributed by atoms with E-state index in [1.807, 2.05) is 0 Å². The number of benzene rings is 2. The zero-order chi connectivity index (χ0) is 21.8. The van der Waals surface area contributed by atoms with E-state index in [2.05, 4.69) is 0 Å². The van der Waals surface area contributed by atoms with E-state index in [9.17, 15) is 19.8 Å². The van der Waals surface area contributed by atoms with Gasteiger partial charge in [-0.05, 0) is 42.3 Å². The fourth-order valence-electron chi connectivity index (χ4n) is 3.54.